The van der Waals surface area contributed by atoms with Crippen LogP contribution in [0.1, 0.15) is 43.1 Å². The van der Waals surface area contributed by atoms with E-state index in [1.807, 2.05) is 49.1 Å². The van der Waals surface area contributed by atoms with Crippen molar-refractivity contribution in [1.82, 2.24) is 24.3 Å². The number of carbonyl (C=O) groups is 1. The Balaban J connectivity index is 1.32. The molecule has 7 nitrogen and oxygen atoms in total. The summed E-state index contributed by atoms with van der Waals surface area (Å²) >= 11 is 9.53. The first kappa shape index (κ1) is 24.2. The Morgan fingerprint density at radius 1 is 1.22 bits per heavy atom. The Kier molecular flexibility index (Phi) is 6.28. The second-order valence-corrected chi connectivity index (χ2v) is 11.2. The van der Waals surface area contributed by atoms with Crippen molar-refractivity contribution in [3.05, 3.63) is 82.5 Å². The number of nitrogens with one attached hydrogen (secondary N) is 1. The second kappa shape index (κ2) is 9.61. The molecule has 2 aromatic carbocycles. The molecule has 0 spiro atoms. The third-order valence-corrected chi connectivity index (χ3v) is 8.14. The summed E-state index contributed by atoms with van der Waals surface area (Å²) in [5, 5.41) is 1.74. The number of ether oxygens (including phenoxy) is 1. The van der Waals surface area contributed by atoms with Crippen molar-refractivity contribution < 1.29 is 9.53 Å². The van der Waals surface area contributed by atoms with E-state index in [4.69, 9.17) is 17.0 Å². The molecule has 1 saturated heterocycles. The molecule has 2 aliphatic heterocycles. The largest absolute Gasteiger partial charge is 0.494 e. The first-order valence-corrected chi connectivity index (χ1v) is 13.8. The van der Waals surface area contributed by atoms with Gasteiger partial charge in [-0.2, -0.15) is 0 Å². The average molecular weight is 579 g/mol. The highest BCUT2D eigenvalue weighted by Gasteiger charge is 2.51. The summed E-state index contributed by atoms with van der Waals surface area (Å²) in [5.41, 5.74) is 4.42. The normalized spacial score (nSPS) is 19.1. The molecule has 190 valence electrons. The van der Waals surface area contributed by atoms with Gasteiger partial charge in [-0.3, -0.25) is 9.69 Å². The van der Waals surface area contributed by atoms with Crippen molar-refractivity contribution in [2.45, 2.75) is 51.4 Å². The summed E-state index contributed by atoms with van der Waals surface area (Å²) in [6.07, 6.45) is 7.08. The van der Waals surface area contributed by atoms with E-state index in [2.05, 4.69) is 55.1 Å². The number of imidazole rings is 1. The molecule has 9 heteroatoms. The van der Waals surface area contributed by atoms with Crippen LogP contribution in [0.3, 0.4) is 0 Å². The van der Waals surface area contributed by atoms with Crippen LogP contribution in [-0.4, -0.2) is 54.0 Å². The van der Waals surface area contributed by atoms with Crippen LogP contribution in [-0.2, 0) is 17.8 Å². The van der Waals surface area contributed by atoms with Gasteiger partial charge >= 0.3 is 0 Å². The molecule has 1 N–H and O–H groups in total. The lowest BCUT2D eigenvalue weighted by Crippen LogP contribution is -2.44. The number of aromatic nitrogens is 3. The van der Waals surface area contributed by atoms with Gasteiger partial charge in [-0.25, -0.2) is 4.98 Å². The molecule has 1 amide bonds. The molecule has 1 fully saturated rings. The summed E-state index contributed by atoms with van der Waals surface area (Å²) in [6, 6.07) is 14.0. The quantitative estimate of drug-likeness (QED) is 0.234. The number of benzene rings is 2. The van der Waals surface area contributed by atoms with E-state index in [0.717, 1.165) is 45.3 Å². The van der Waals surface area contributed by atoms with Gasteiger partial charge < -0.3 is 19.2 Å². The smallest absolute Gasteiger partial charge is 0.252 e. The molecule has 4 heterocycles. The molecule has 2 atom stereocenters. The van der Waals surface area contributed by atoms with E-state index >= 15 is 0 Å². The molecule has 4 aromatic rings. The zero-order valence-electron chi connectivity index (χ0n) is 20.7. The first-order valence-electron chi connectivity index (χ1n) is 12.6. The minimum Gasteiger partial charge on any atom is -0.494 e. The Bertz CT molecular complexity index is 1460. The van der Waals surface area contributed by atoms with Gasteiger partial charge in [0.05, 0.1) is 19.0 Å². The first-order chi connectivity index (χ1) is 17.9. The molecule has 0 radical (unpaired) electrons. The van der Waals surface area contributed by atoms with Crippen LogP contribution in [0, 0.1) is 0 Å². The molecule has 2 aromatic heterocycles. The highest BCUT2D eigenvalue weighted by Crippen LogP contribution is 2.45. The number of amides is 1. The third kappa shape index (κ3) is 4.24. The minimum absolute atomic E-state index is 0.00794. The fourth-order valence-electron chi connectivity index (χ4n) is 5.54. The standard InChI is InChI=1S/C28H28BrN5O2S/c1-17(2)33-27(35)24-15-22-21-14-19(29)6-9-23(21)31-25(22)26(34(24)28(33)37)18-4-7-20(8-5-18)36-13-3-11-32-12-10-30-16-32/h4-10,12,14,16-17,24,26,31H,3,11,13,15H2,1-2H3. The molecule has 0 saturated carbocycles. The van der Waals surface area contributed by atoms with Crippen molar-refractivity contribution in [1.29, 1.82) is 0 Å². The Hall–Kier alpha value is -3.17. The van der Waals surface area contributed by atoms with Crippen molar-refractivity contribution in [2.24, 2.45) is 0 Å². The molecule has 2 aliphatic rings. The molecule has 2 unspecified atom stereocenters. The zero-order chi connectivity index (χ0) is 25.7. The molecule has 37 heavy (non-hydrogen) atoms. The molecule has 0 bridgehead atoms. The predicted molar refractivity (Wildman–Crippen MR) is 151 cm³/mol. The molecule has 0 aliphatic carbocycles. The van der Waals surface area contributed by atoms with Gasteiger partial charge in [0.25, 0.3) is 5.91 Å². The third-order valence-electron chi connectivity index (χ3n) is 7.24. The van der Waals surface area contributed by atoms with Crippen LogP contribution in [0.25, 0.3) is 10.9 Å². The number of aromatic amines is 1. The lowest BCUT2D eigenvalue weighted by atomic mass is 9.89. The zero-order valence-corrected chi connectivity index (χ0v) is 23.1. The number of H-pyrrole nitrogens is 1. The summed E-state index contributed by atoms with van der Waals surface area (Å²) < 4.78 is 9.07. The van der Waals surface area contributed by atoms with Gasteiger partial charge in [0.15, 0.2) is 5.11 Å². The van der Waals surface area contributed by atoms with Crippen LogP contribution in [0.2, 0.25) is 0 Å². The summed E-state index contributed by atoms with van der Waals surface area (Å²) in [5.74, 6) is 0.907. The van der Waals surface area contributed by atoms with Gasteiger partial charge in [0, 0.05) is 52.5 Å². The summed E-state index contributed by atoms with van der Waals surface area (Å²) in [4.78, 5) is 25.2. The number of halogens is 1. The fourth-order valence-corrected chi connectivity index (χ4v) is 6.43. The van der Waals surface area contributed by atoms with Crippen LogP contribution in [0.4, 0.5) is 0 Å². The fraction of sp³-hybridized carbons (Fsp3) is 0.321. The van der Waals surface area contributed by atoms with E-state index in [1.165, 1.54) is 5.56 Å². The number of nitrogens with zero attached hydrogens (tertiary/aromatic N) is 4. The van der Waals surface area contributed by atoms with Gasteiger partial charge in [0.2, 0.25) is 0 Å². The number of hydrogen-bond donors (Lipinski definition) is 1. The van der Waals surface area contributed by atoms with Crippen molar-refractivity contribution >= 4 is 50.1 Å². The summed E-state index contributed by atoms with van der Waals surface area (Å²) in [7, 11) is 0. The maximum Gasteiger partial charge on any atom is 0.252 e. The lowest BCUT2D eigenvalue weighted by molar-refractivity contribution is -0.129. The van der Waals surface area contributed by atoms with E-state index in [-0.39, 0.29) is 24.0 Å². The van der Waals surface area contributed by atoms with Crippen LogP contribution in [0.5, 0.6) is 5.75 Å². The monoisotopic (exact) mass is 577 g/mol. The van der Waals surface area contributed by atoms with Gasteiger partial charge in [-0.15, -0.1) is 0 Å². The number of fused-ring (bicyclic) bond motifs is 4. The van der Waals surface area contributed by atoms with Crippen LogP contribution >= 0.6 is 28.1 Å². The van der Waals surface area contributed by atoms with Crippen molar-refractivity contribution in [3.63, 3.8) is 0 Å². The number of hydrogen-bond acceptors (Lipinski definition) is 4. The van der Waals surface area contributed by atoms with E-state index < -0.39 is 0 Å². The number of thiocarbonyl (C=S) groups is 1. The second-order valence-electron chi connectivity index (χ2n) is 9.89. The van der Waals surface area contributed by atoms with E-state index in [9.17, 15) is 4.79 Å². The average Bonchev–Trinajstić information content (AvgIpc) is 3.58. The van der Waals surface area contributed by atoms with Crippen LogP contribution in [0.15, 0.2) is 65.7 Å². The lowest BCUT2D eigenvalue weighted by Gasteiger charge is -2.37. The topological polar surface area (TPSA) is 66.4 Å². The Morgan fingerprint density at radius 2 is 2.03 bits per heavy atom. The molecule has 6 rings (SSSR count). The number of rotatable bonds is 7. The minimum atomic E-state index is -0.315. The molecular formula is C28H28BrN5O2S. The highest BCUT2D eigenvalue weighted by atomic mass is 79.9. The van der Waals surface area contributed by atoms with Gasteiger partial charge in [-0.05, 0) is 73.9 Å². The van der Waals surface area contributed by atoms with Crippen LogP contribution < -0.4 is 4.74 Å². The van der Waals surface area contributed by atoms with Gasteiger partial charge in [0.1, 0.15) is 11.8 Å². The number of carbonyl (C=O) groups excluding carboxylic acids is 1. The van der Waals surface area contributed by atoms with E-state index in [0.29, 0.717) is 18.1 Å². The molecular weight excluding hydrogens is 550 g/mol. The summed E-state index contributed by atoms with van der Waals surface area (Å²) in [6.45, 7) is 5.52. The van der Waals surface area contributed by atoms with Gasteiger partial charge in [-0.1, -0.05) is 28.1 Å². The SMILES string of the molecule is CC(C)N1C(=O)C2Cc3c([nH]c4ccc(Br)cc34)C(c3ccc(OCCCn4ccnc4)cc3)N2C1=S. The maximum atomic E-state index is 13.5. The van der Waals surface area contributed by atoms with Crippen molar-refractivity contribution in [2.75, 3.05) is 6.61 Å². The maximum absolute atomic E-state index is 13.5. The Morgan fingerprint density at radius 3 is 2.76 bits per heavy atom. The predicted octanol–water partition coefficient (Wildman–Crippen LogP) is 5.45. The van der Waals surface area contributed by atoms with Crippen molar-refractivity contribution in [3.8, 4) is 5.75 Å². The van der Waals surface area contributed by atoms with E-state index in [1.54, 1.807) is 11.1 Å². The number of aryl methyl sites for hydroxylation is 1. The highest BCUT2D eigenvalue weighted by molar-refractivity contribution is 9.10. The Labute approximate surface area is 229 Å².